The molecule has 9 rings (SSSR count). The van der Waals surface area contributed by atoms with Crippen LogP contribution in [0.4, 0.5) is 0 Å². The molecule has 0 N–H and O–H groups in total. The summed E-state index contributed by atoms with van der Waals surface area (Å²) in [5, 5.41) is 2.46. The van der Waals surface area contributed by atoms with Crippen LogP contribution in [0, 0.1) is 0 Å². The van der Waals surface area contributed by atoms with Crippen LogP contribution in [0.15, 0.2) is 204 Å². The molecule has 2 nitrogen and oxygen atoms in total. The van der Waals surface area contributed by atoms with Gasteiger partial charge in [0.15, 0.2) is 5.84 Å². The molecule has 0 unspecified atom stereocenters. The third-order valence-electron chi connectivity index (χ3n) is 9.39. The Morgan fingerprint density at radius 3 is 1.51 bits per heavy atom. The Balaban J connectivity index is 1.14. The maximum atomic E-state index is 5.17. The molecule has 0 fully saturated rings. The van der Waals surface area contributed by atoms with E-state index in [9.17, 15) is 0 Å². The van der Waals surface area contributed by atoms with E-state index in [1.807, 2.05) is 47.7 Å². The minimum atomic E-state index is 0.673. The Labute approximate surface area is 301 Å². The van der Waals surface area contributed by atoms with Gasteiger partial charge in [0.25, 0.3) is 0 Å². The van der Waals surface area contributed by atoms with Gasteiger partial charge in [-0.15, -0.1) is 11.3 Å². The first kappa shape index (κ1) is 30.6. The largest absolute Gasteiger partial charge is 0.228 e. The Hall–Kier alpha value is -6.42. The predicted octanol–water partition coefficient (Wildman–Crippen LogP) is 12.9. The molecule has 0 bridgehead atoms. The average Bonchev–Trinajstić information content (AvgIpc) is 3.47. The van der Waals surface area contributed by atoms with E-state index >= 15 is 0 Å². The smallest absolute Gasteiger partial charge is 0.160 e. The van der Waals surface area contributed by atoms with E-state index in [4.69, 9.17) is 9.98 Å². The lowest BCUT2D eigenvalue weighted by Crippen LogP contribution is -2.06. The number of aliphatic imine (C=N–C) groups is 2. The molecule has 0 saturated carbocycles. The van der Waals surface area contributed by atoms with Gasteiger partial charge >= 0.3 is 0 Å². The topological polar surface area (TPSA) is 24.7 Å². The quantitative estimate of drug-likeness (QED) is 0.168. The Kier molecular flexibility index (Phi) is 7.88. The molecule has 8 aromatic rings. The summed E-state index contributed by atoms with van der Waals surface area (Å²) < 4.78 is 2.50. The standard InChI is InChI=1S/C48H32N2S/c1-32-26-44(49-48(36-20-12-5-13-21-36)50-47(32)35-18-10-4-11-19-35)38-23-25-45-43(30-38)42-24-22-37(31-46(42)51-45)41-28-39(33-14-6-2-7-15-33)27-40(29-41)34-16-8-3-9-17-34/h2-31H,1H2. The summed E-state index contributed by atoms with van der Waals surface area (Å²) >= 11 is 1.83. The molecule has 1 aliphatic rings. The van der Waals surface area contributed by atoms with Crippen molar-refractivity contribution in [1.29, 1.82) is 0 Å². The average molecular weight is 669 g/mol. The highest BCUT2D eigenvalue weighted by Crippen LogP contribution is 2.40. The molecular formula is C48H32N2S. The van der Waals surface area contributed by atoms with Gasteiger partial charge in [0.2, 0.25) is 0 Å². The lowest BCUT2D eigenvalue weighted by molar-refractivity contribution is 1.46. The minimum Gasteiger partial charge on any atom is -0.228 e. The fraction of sp³-hybridized carbons (Fsp3) is 0. The lowest BCUT2D eigenvalue weighted by atomic mass is 9.93. The minimum absolute atomic E-state index is 0.673. The molecule has 1 aromatic heterocycles. The van der Waals surface area contributed by atoms with Crippen LogP contribution in [-0.2, 0) is 0 Å². The highest BCUT2D eigenvalue weighted by Gasteiger charge is 2.17. The zero-order valence-electron chi connectivity index (χ0n) is 27.8. The molecule has 0 aliphatic carbocycles. The van der Waals surface area contributed by atoms with Crippen molar-refractivity contribution in [3.05, 3.63) is 211 Å². The molecule has 0 saturated heterocycles. The lowest BCUT2D eigenvalue weighted by Gasteiger charge is -2.11. The first-order valence-corrected chi connectivity index (χ1v) is 17.9. The van der Waals surface area contributed by atoms with Crippen LogP contribution in [0.25, 0.3) is 59.3 Å². The molecule has 2 heterocycles. The second kappa shape index (κ2) is 13.1. The van der Waals surface area contributed by atoms with Gasteiger partial charge in [-0.3, -0.25) is 0 Å². The first-order valence-electron chi connectivity index (χ1n) is 17.1. The summed E-state index contributed by atoms with van der Waals surface area (Å²) in [7, 11) is 0. The van der Waals surface area contributed by atoms with Crippen LogP contribution in [0.3, 0.4) is 0 Å². The van der Waals surface area contributed by atoms with Gasteiger partial charge in [-0.2, -0.15) is 0 Å². The van der Waals surface area contributed by atoms with Gasteiger partial charge in [0.1, 0.15) is 0 Å². The van der Waals surface area contributed by atoms with E-state index < -0.39 is 0 Å². The van der Waals surface area contributed by atoms with Crippen molar-refractivity contribution in [2.75, 3.05) is 0 Å². The molecule has 0 amide bonds. The number of nitrogens with zero attached hydrogens (tertiary/aromatic N) is 2. The van der Waals surface area contributed by atoms with Crippen molar-refractivity contribution in [2.24, 2.45) is 9.98 Å². The normalized spacial score (nSPS) is 13.1. The Morgan fingerprint density at radius 2 is 0.902 bits per heavy atom. The number of hydrogen-bond acceptors (Lipinski definition) is 3. The van der Waals surface area contributed by atoms with Crippen molar-refractivity contribution in [3.63, 3.8) is 0 Å². The molecule has 51 heavy (non-hydrogen) atoms. The van der Waals surface area contributed by atoms with Crippen LogP contribution in [0.5, 0.6) is 0 Å². The predicted molar refractivity (Wildman–Crippen MR) is 219 cm³/mol. The van der Waals surface area contributed by atoms with Crippen LogP contribution in [0.2, 0.25) is 0 Å². The van der Waals surface area contributed by atoms with Gasteiger partial charge in [0.05, 0.1) is 11.4 Å². The van der Waals surface area contributed by atoms with E-state index in [-0.39, 0.29) is 0 Å². The fourth-order valence-corrected chi connectivity index (χ4v) is 7.92. The van der Waals surface area contributed by atoms with E-state index in [1.165, 1.54) is 53.6 Å². The molecule has 0 radical (unpaired) electrons. The van der Waals surface area contributed by atoms with Crippen molar-refractivity contribution < 1.29 is 0 Å². The third kappa shape index (κ3) is 6.05. The van der Waals surface area contributed by atoms with Crippen LogP contribution >= 0.6 is 11.3 Å². The first-order chi connectivity index (χ1) is 25.2. The molecular weight excluding hydrogens is 637 g/mol. The van der Waals surface area contributed by atoms with Gasteiger partial charge in [-0.1, -0.05) is 146 Å². The molecule has 7 aromatic carbocycles. The van der Waals surface area contributed by atoms with Gasteiger partial charge < -0.3 is 0 Å². The fourth-order valence-electron chi connectivity index (χ4n) is 6.80. The summed E-state index contributed by atoms with van der Waals surface area (Å²) in [4.78, 5) is 10.2. The van der Waals surface area contributed by atoms with Crippen molar-refractivity contribution in [1.82, 2.24) is 0 Å². The second-order valence-corrected chi connectivity index (χ2v) is 13.8. The second-order valence-electron chi connectivity index (χ2n) is 12.7. The number of allylic oxidation sites excluding steroid dienone is 2. The summed E-state index contributed by atoms with van der Waals surface area (Å²) in [6, 6.07) is 62.2. The maximum absolute atomic E-state index is 5.17. The summed E-state index contributed by atoms with van der Waals surface area (Å²) in [5.41, 5.74) is 12.8. The number of amidine groups is 1. The van der Waals surface area contributed by atoms with Crippen molar-refractivity contribution >= 4 is 48.8 Å². The number of thiophene rings is 1. The van der Waals surface area contributed by atoms with Gasteiger partial charge in [-0.05, 0) is 81.4 Å². The van der Waals surface area contributed by atoms with Crippen molar-refractivity contribution in [2.45, 2.75) is 0 Å². The zero-order valence-corrected chi connectivity index (χ0v) is 28.6. The summed E-state index contributed by atoms with van der Waals surface area (Å²) in [5.74, 6) is 0.673. The third-order valence-corrected chi connectivity index (χ3v) is 10.5. The molecule has 0 spiro atoms. The Bertz CT molecular complexity index is 2610. The van der Waals surface area contributed by atoms with E-state index in [0.717, 1.165) is 33.7 Å². The maximum Gasteiger partial charge on any atom is 0.160 e. The Morgan fingerprint density at radius 1 is 0.373 bits per heavy atom. The number of benzene rings is 7. The summed E-state index contributed by atoms with van der Waals surface area (Å²) in [6.07, 6.45) is 2.07. The zero-order chi connectivity index (χ0) is 34.1. The highest BCUT2D eigenvalue weighted by atomic mass is 32.1. The number of fused-ring (bicyclic) bond motifs is 3. The molecule has 3 heteroatoms. The van der Waals surface area contributed by atoms with Crippen molar-refractivity contribution in [3.8, 4) is 33.4 Å². The van der Waals surface area contributed by atoms with E-state index in [2.05, 4.69) is 152 Å². The number of hydrogen-bond donors (Lipinski definition) is 0. The van der Waals surface area contributed by atoms with E-state index in [0.29, 0.717) is 5.84 Å². The van der Waals surface area contributed by atoms with Gasteiger partial charge in [-0.25, -0.2) is 9.98 Å². The number of rotatable bonds is 6. The van der Waals surface area contributed by atoms with Gasteiger partial charge in [0, 0.05) is 36.9 Å². The van der Waals surface area contributed by atoms with Crippen LogP contribution in [0.1, 0.15) is 16.7 Å². The molecule has 0 atom stereocenters. The SMILES string of the molecule is C=C1C=C(c2ccc3sc4cc(-c5cc(-c6ccccc6)cc(-c6ccccc6)c5)ccc4c3c2)N=C(c2ccccc2)N=C1c1ccccc1. The summed E-state index contributed by atoms with van der Waals surface area (Å²) in [6.45, 7) is 4.45. The highest BCUT2D eigenvalue weighted by molar-refractivity contribution is 7.25. The monoisotopic (exact) mass is 668 g/mol. The van der Waals surface area contributed by atoms with Crippen LogP contribution < -0.4 is 0 Å². The van der Waals surface area contributed by atoms with Crippen LogP contribution in [-0.4, -0.2) is 11.5 Å². The molecule has 240 valence electrons. The van der Waals surface area contributed by atoms with E-state index in [1.54, 1.807) is 0 Å². The molecule has 1 aliphatic heterocycles.